The van der Waals surface area contributed by atoms with Gasteiger partial charge in [0.25, 0.3) is 5.91 Å². The van der Waals surface area contributed by atoms with Gasteiger partial charge in [-0.05, 0) is 36.2 Å². The van der Waals surface area contributed by atoms with E-state index in [0.717, 1.165) is 5.56 Å². The van der Waals surface area contributed by atoms with Crippen LogP contribution in [0.1, 0.15) is 22.3 Å². The molecule has 2 N–H and O–H groups in total. The van der Waals surface area contributed by atoms with Crippen molar-refractivity contribution in [3.63, 3.8) is 0 Å². The van der Waals surface area contributed by atoms with Gasteiger partial charge in [-0.3, -0.25) is 9.59 Å². The van der Waals surface area contributed by atoms with Crippen LogP contribution in [0.2, 0.25) is 5.02 Å². The second-order valence-electron chi connectivity index (χ2n) is 4.52. The van der Waals surface area contributed by atoms with E-state index < -0.39 is 5.97 Å². The zero-order valence-corrected chi connectivity index (χ0v) is 11.9. The first-order valence-electron chi connectivity index (χ1n) is 6.43. The van der Waals surface area contributed by atoms with Gasteiger partial charge in [0.05, 0.1) is 10.6 Å². The van der Waals surface area contributed by atoms with E-state index >= 15 is 0 Å². The summed E-state index contributed by atoms with van der Waals surface area (Å²) in [7, 11) is 0. The number of aryl methyl sites for hydroxylation is 1. The molecule has 0 atom stereocenters. The Balaban J connectivity index is 2.02. The van der Waals surface area contributed by atoms with Crippen molar-refractivity contribution in [2.45, 2.75) is 12.8 Å². The summed E-state index contributed by atoms with van der Waals surface area (Å²) in [5.41, 5.74) is 1.96. The third-order valence-corrected chi connectivity index (χ3v) is 3.29. The molecule has 108 valence electrons. The zero-order chi connectivity index (χ0) is 15.2. The van der Waals surface area contributed by atoms with Crippen LogP contribution in [0, 0.1) is 0 Å². The topological polar surface area (TPSA) is 66.4 Å². The molecule has 0 aliphatic heterocycles. The molecule has 1 amide bonds. The minimum absolute atomic E-state index is 0.0886. The molecule has 0 aliphatic carbocycles. The van der Waals surface area contributed by atoms with Gasteiger partial charge in [-0.25, -0.2) is 0 Å². The van der Waals surface area contributed by atoms with Gasteiger partial charge in [0, 0.05) is 12.1 Å². The van der Waals surface area contributed by atoms with Gasteiger partial charge >= 0.3 is 5.97 Å². The van der Waals surface area contributed by atoms with E-state index in [9.17, 15) is 9.59 Å². The molecule has 2 aromatic rings. The standard InChI is InChI=1S/C16H14ClNO3/c17-14-4-2-1-3-13(14)16(21)18-12-8-5-11(6-9-12)7-10-15(19)20/h1-6,8-9H,7,10H2,(H,18,21)(H,19,20). The molecule has 0 heterocycles. The minimum Gasteiger partial charge on any atom is -0.481 e. The zero-order valence-electron chi connectivity index (χ0n) is 11.2. The highest BCUT2D eigenvalue weighted by atomic mass is 35.5. The number of hydrogen-bond donors (Lipinski definition) is 2. The fourth-order valence-corrected chi connectivity index (χ4v) is 2.07. The van der Waals surface area contributed by atoms with E-state index in [-0.39, 0.29) is 12.3 Å². The Morgan fingerprint density at radius 1 is 1.05 bits per heavy atom. The molecule has 0 spiro atoms. The number of carboxylic acid groups (broad SMARTS) is 1. The summed E-state index contributed by atoms with van der Waals surface area (Å²) in [6.07, 6.45) is 0.555. The third kappa shape index (κ3) is 4.33. The van der Waals surface area contributed by atoms with Crippen LogP contribution in [0.3, 0.4) is 0 Å². The maximum atomic E-state index is 12.1. The summed E-state index contributed by atoms with van der Waals surface area (Å²) in [5, 5.41) is 11.8. The number of nitrogens with one attached hydrogen (secondary N) is 1. The van der Waals surface area contributed by atoms with E-state index in [1.807, 2.05) is 0 Å². The van der Waals surface area contributed by atoms with Crippen molar-refractivity contribution in [1.29, 1.82) is 0 Å². The molecule has 0 saturated heterocycles. The van der Waals surface area contributed by atoms with Gasteiger partial charge in [0.1, 0.15) is 0 Å². The molecule has 21 heavy (non-hydrogen) atoms. The largest absolute Gasteiger partial charge is 0.481 e. The molecular formula is C16H14ClNO3. The molecule has 0 saturated carbocycles. The highest BCUT2D eigenvalue weighted by Gasteiger charge is 2.09. The number of rotatable bonds is 5. The van der Waals surface area contributed by atoms with E-state index in [0.29, 0.717) is 22.7 Å². The first kappa shape index (κ1) is 15.1. The Morgan fingerprint density at radius 2 is 1.71 bits per heavy atom. The lowest BCUT2D eigenvalue weighted by atomic mass is 10.1. The molecule has 0 bridgehead atoms. The Labute approximate surface area is 127 Å². The number of amides is 1. The monoisotopic (exact) mass is 303 g/mol. The van der Waals surface area contributed by atoms with Crippen LogP contribution < -0.4 is 5.32 Å². The number of halogens is 1. The Hall–Kier alpha value is -2.33. The van der Waals surface area contributed by atoms with Crippen LogP contribution in [0.25, 0.3) is 0 Å². The summed E-state index contributed by atoms with van der Waals surface area (Å²) in [4.78, 5) is 22.6. The van der Waals surface area contributed by atoms with Crippen molar-refractivity contribution < 1.29 is 14.7 Å². The highest BCUT2D eigenvalue weighted by Crippen LogP contribution is 2.17. The predicted molar refractivity (Wildman–Crippen MR) is 81.8 cm³/mol. The van der Waals surface area contributed by atoms with Gasteiger partial charge in [-0.15, -0.1) is 0 Å². The predicted octanol–water partition coefficient (Wildman–Crippen LogP) is 3.61. The van der Waals surface area contributed by atoms with Gasteiger partial charge in [-0.1, -0.05) is 35.9 Å². The van der Waals surface area contributed by atoms with Crippen molar-refractivity contribution in [2.75, 3.05) is 5.32 Å². The average Bonchev–Trinajstić information content (AvgIpc) is 2.47. The van der Waals surface area contributed by atoms with E-state index in [1.54, 1.807) is 48.5 Å². The first-order chi connectivity index (χ1) is 10.1. The van der Waals surface area contributed by atoms with Gasteiger partial charge in [-0.2, -0.15) is 0 Å². The van der Waals surface area contributed by atoms with Crippen LogP contribution in [-0.2, 0) is 11.2 Å². The fourth-order valence-electron chi connectivity index (χ4n) is 1.85. The SMILES string of the molecule is O=C(O)CCc1ccc(NC(=O)c2ccccc2Cl)cc1. The lowest BCUT2D eigenvalue weighted by Gasteiger charge is -2.07. The van der Waals surface area contributed by atoms with E-state index in [4.69, 9.17) is 16.7 Å². The maximum absolute atomic E-state index is 12.1. The lowest BCUT2D eigenvalue weighted by molar-refractivity contribution is -0.136. The summed E-state index contributed by atoms with van der Waals surface area (Å²) >= 11 is 5.97. The molecule has 0 aromatic heterocycles. The minimum atomic E-state index is -0.828. The Bertz CT molecular complexity index is 653. The maximum Gasteiger partial charge on any atom is 0.303 e. The van der Waals surface area contributed by atoms with Crippen LogP contribution in [-0.4, -0.2) is 17.0 Å². The first-order valence-corrected chi connectivity index (χ1v) is 6.80. The molecule has 0 fully saturated rings. The van der Waals surface area contributed by atoms with Gasteiger partial charge < -0.3 is 10.4 Å². The Morgan fingerprint density at radius 3 is 2.33 bits per heavy atom. The molecule has 5 heteroatoms. The van der Waals surface area contributed by atoms with Crippen molar-refractivity contribution >= 4 is 29.2 Å². The third-order valence-electron chi connectivity index (χ3n) is 2.96. The smallest absolute Gasteiger partial charge is 0.303 e. The van der Waals surface area contributed by atoms with E-state index in [1.165, 1.54) is 0 Å². The van der Waals surface area contributed by atoms with Crippen LogP contribution >= 0.6 is 11.6 Å². The molecule has 4 nitrogen and oxygen atoms in total. The highest BCUT2D eigenvalue weighted by molar-refractivity contribution is 6.34. The summed E-state index contributed by atoms with van der Waals surface area (Å²) in [5.74, 6) is -1.11. The Kier molecular flexibility index (Phi) is 4.95. The van der Waals surface area contributed by atoms with Crippen molar-refractivity contribution in [3.8, 4) is 0 Å². The number of carbonyl (C=O) groups is 2. The molecule has 2 rings (SSSR count). The van der Waals surface area contributed by atoms with Crippen LogP contribution in [0.5, 0.6) is 0 Å². The number of anilines is 1. The average molecular weight is 304 g/mol. The number of carboxylic acids is 1. The molecule has 0 unspecified atom stereocenters. The van der Waals surface area contributed by atoms with Crippen LogP contribution in [0.4, 0.5) is 5.69 Å². The molecule has 0 radical (unpaired) electrons. The second-order valence-corrected chi connectivity index (χ2v) is 4.93. The summed E-state index contributed by atoms with van der Waals surface area (Å²) in [6, 6.07) is 13.9. The fraction of sp³-hybridized carbons (Fsp3) is 0.125. The quantitative estimate of drug-likeness (QED) is 0.886. The number of benzene rings is 2. The number of hydrogen-bond acceptors (Lipinski definition) is 2. The van der Waals surface area contributed by atoms with Crippen molar-refractivity contribution in [3.05, 3.63) is 64.7 Å². The molecule has 2 aromatic carbocycles. The summed E-state index contributed by atoms with van der Waals surface area (Å²) in [6.45, 7) is 0. The van der Waals surface area contributed by atoms with Crippen molar-refractivity contribution in [2.24, 2.45) is 0 Å². The van der Waals surface area contributed by atoms with Crippen LogP contribution in [0.15, 0.2) is 48.5 Å². The number of carbonyl (C=O) groups excluding carboxylic acids is 1. The molecule has 0 aliphatic rings. The van der Waals surface area contributed by atoms with E-state index in [2.05, 4.69) is 5.32 Å². The van der Waals surface area contributed by atoms with Gasteiger partial charge in [0.2, 0.25) is 0 Å². The lowest BCUT2D eigenvalue weighted by Crippen LogP contribution is -2.12. The second kappa shape index (κ2) is 6.90. The summed E-state index contributed by atoms with van der Waals surface area (Å²) < 4.78 is 0. The molecular weight excluding hydrogens is 290 g/mol. The number of aliphatic carboxylic acids is 1. The normalized spacial score (nSPS) is 10.1. The van der Waals surface area contributed by atoms with Gasteiger partial charge in [0.15, 0.2) is 0 Å². The van der Waals surface area contributed by atoms with Crippen molar-refractivity contribution in [1.82, 2.24) is 0 Å².